The highest BCUT2D eigenvalue weighted by molar-refractivity contribution is 6.42. The van der Waals surface area contributed by atoms with Crippen LogP contribution in [-0.2, 0) is 11.3 Å². The normalized spacial score (nSPS) is 17.0. The molecule has 1 atom stereocenters. The molecule has 0 aliphatic carbocycles. The van der Waals surface area contributed by atoms with Gasteiger partial charge < -0.3 is 9.47 Å². The molecule has 3 aromatic rings. The molecule has 28 heavy (non-hydrogen) atoms. The molecule has 4 rings (SSSR count). The van der Waals surface area contributed by atoms with Crippen molar-refractivity contribution in [3.63, 3.8) is 0 Å². The van der Waals surface area contributed by atoms with E-state index < -0.39 is 0 Å². The molecule has 2 aromatic carbocycles. The Balaban J connectivity index is 1.69. The summed E-state index contributed by atoms with van der Waals surface area (Å²) in [7, 11) is 0. The Morgan fingerprint density at radius 3 is 2.75 bits per heavy atom. The average Bonchev–Trinajstić information content (AvgIpc) is 3.24. The van der Waals surface area contributed by atoms with Gasteiger partial charge in [0.2, 0.25) is 5.91 Å². The highest BCUT2D eigenvalue weighted by atomic mass is 35.5. The minimum absolute atomic E-state index is 0.111. The van der Waals surface area contributed by atoms with Crippen LogP contribution in [0.3, 0.4) is 0 Å². The molecule has 1 amide bonds. The second-order valence-corrected chi connectivity index (χ2v) is 8.20. The molecule has 1 aliphatic rings. The smallest absolute Gasteiger partial charge is 0.223 e. The molecular weight excluding hydrogens is 393 g/mol. The van der Waals surface area contributed by atoms with Gasteiger partial charge in [0, 0.05) is 32.0 Å². The Morgan fingerprint density at radius 1 is 1.14 bits per heavy atom. The van der Waals surface area contributed by atoms with Crippen molar-refractivity contribution in [3.05, 3.63) is 63.9 Å². The lowest BCUT2D eigenvalue weighted by Crippen LogP contribution is -2.26. The zero-order valence-electron chi connectivity index (χ0n) is 15.9. The topological polar surface area (TPSA) is 38.1 Å². The summed E-state index contributed by atoms with van der Waals surface area (Å²) in [5, 5.41) is 1.10. The number of amides is 1. The number of carbonyl (C=O) groups excluding carboxylic acids is 1. The predicted octanol–water partition coefficient (Wildman–Crippen LogP) is 5.51. The molecule has 4 nitrogen and oxygen atoms in total. The van der Waals surface area contributed by atoms with E-state index in [-0.39, 0.29) is 11.8 Å². The molecule has 0 saturated carbocycles. The van der Waals surface area contributed by atoms with Gasteiger partial charge in [0.15, 0.2) is 0 Å². The van der Waals surface area contributed by atoms with E-state index in [1.807, 2.05) is 41.3 Å². The van der Waals surface area contributed by atoms with Gasteiger partial charge in [0.05, 0.1) is 21.1 Å². The lowest BCUT2D eigenvalue weighted by Gasteiger charge is -2.17. The van der Waals surface area contributed by atoms with E-state index in [2.05, 4.69) is 17.6 Å². The molecule has 1 aliphatic heterocycles. The summed E-state index contributed by atoms with van der Waals surface area (Å²) < 4.78 is 2.22. The number of imidazole rings is 1. The molecular formula is C22H23Cl2N3O. The van der Waals surface area contributed by atoms with Crippen molar-refractivity contribution in [2.75, 3.05) is 13.1 Å². The molecule has 0 bridgehead atoms. The molecule has 1 unspecified atom stereocenters. The first kappa shape index (κ1) is 19.3. The Labute approximate surface area is 175 Å². The summed E-state index contributed by atoms with van der Waals surface area (Å²) in [6, 6.07) is 13.8. The van der Waals surface area contributed by atoms with Crippen molar-refractivity contribution in [2.24, 2.45) is 0 Å². The van der Waals surface area contributed by atoms with Gasteiger partial charge in [-0.1, -0.05) is 54.7 Å². The molecule has 0 spiro atoms. The van der Waals surface area contributed by atoms with E-state index in [4.69, 9.17) is 28.2 Å². The zero-order chi connectivity index (χ0) is 19.7. The van der Waals surface area contributed by atoms with E-state index in [9.17, 15) is 4.79 Å². The maximum atomic E-state index is 12.5. The summed E-state index contributed by atoms with van der Waals surface area (Å²) in [5.74, 6) is 1.31. The van der Waals surface area contributed by atoms with E-state index in [0.717, 1.165) is 48.4 Å². The number of benzene rings is 2. The van der Waals surface area contributed by atoms with Gasteiger partial charge in [-0.15, -0.1) is 0 Å². The number of aromatic nitrogens is 2. The van der Waals surface area contributed by atoms with Gasteiger partial charge in [0.25, 0.3) is 0 Å². The number of para-hydroxylation sites is 2. The average molecular weight is 416 g/mol. The third kappa shape index (κ3) is 3.76. The number of likely N-dealkylation sites (tertiary alicyclic amines) is 1. The summed E-state index contributed by atoms with van der Waals surface area (Å²) in [6.45, 7) is 4.36. The number of nitrogens with zero attached hydrogens (tertiary/aromatic N) is 3. The fourth-order valence-electron chi connectivity index (χ4n) is 3.90. The minimum atomic E-state index is 0.111. The maximum Gasteiger partial charge on any atom is 0.223 e. The summed E-state index contributed by atoms with van der Waals surface area (Å²) in [5.41, 5.74) is 3.09. The largest absolute Gasteiger partial charge is 0.342 e. The number of fused-ring (bicyclic) bond motifs is 1. The standard InChI is InChI=1S/C22H23Cl2N3O/c1-2-3-10-26-14-16(12-21(26)28)22-25-19-6-4-5-7-20(19)27(22)13-15-8-9-17(23)18(24)11-15/h4-9,11,16H,2-3,10,12-14H2,1H3. The van der Waals surface area contributed by atoms with Crippen LogP contribution < -0.4 is 0 Å². The first-order valence-corrected chi connectivity index (χ1v) is 10.5. The van der Waals surface area contributed by atoms with Crippen LogP contribution in [-0.4, -0.2) is 33.4 Å². The fraction of sp³-hybridized carbons (Fsp3) is 0.364. The second-order valence-electron chi connectivity index (χ2n) is 7.39. The van der Waals surface area contributed by atoms with Crippen molar-refractivity contribution >= 4 is 40.1 Å². The highest BCUT2D eigenvalue weighted by Gasteiger charge is 2.33. The summed E-state index contributed by atoms with van der Waals surface area (Å²) >= 11 is 12.3. The number of unbranched alkanes of at least 4 members (excludes halogenated alkanes) is 1. The van der Waals surface area contributed by atoms with Crippen LogP contribution in [0.4, 0.5) is 0 Å². The van der Waals surface area contributed by atoms with E-state index in [1.54, 1.807) is 0 Å². The van der Waals surface area contributed by atoms with Crippen LogP contribution in [0, 0.1) is 0 Å². The first-order valence-electron chi connectivity index (χ1n) is 9.73. The number of hydrogen-bond donors (Lipinski definition) is 0. The van der Waals surface area contributed by atoms with Gasteiger partial charge in [-0.25, -0.2) is 4.98 Å². The third-order valence-corrected chi connectivity index (χ3v) is 6.11. The number of hydrogen-bond acceptors (Lipinski definition) is 2. The van der Waals surface area contributed by atoms with Crippen LogP contribution in [0.15, 0.2) is 42.5 Å². The SMILES string of the molecule is CCCCN1CC(c2nc3ccccc3n2Cc2ccc(Cl)c(Cl)c2)CC1=O. The van der Waals surface area contributed by atoms with Crippen molar-refractivity contribution in [1.29, 1.82) is 0 Å². The van der Waals surface area contributed by atoms with Crippen molar-refractivity contribution in [1.82, 2.24) is 14.5 Å². The summed E-state index contributed by atoms with van der Waals surface area (Å²) in [4.78, 5) is 19.4. The Bertz CT molecular complexity index is 1010. The molecule has 1 saturated heterocycles. The maximum absolute atomic E-state index is 12.5. The van der Waals surface area contributed by atoms with Crippen LogP contribution in [0.2, 0.25) is 10.0 Å². The number of rotatable bonds is 6. The van der Waals surface area contributed by atoms with E-state index in [0.29, 0.717) is 23.0 Å². The lowest BCUT2D eigenvalue weighted by atomic mass is 10.1. The van der Waals surface area contributed by atoms with E-state index >= 15 is 0 Å². The molecule has 1 aromatic heterocycles. The quantitative estimate of drug-likeness (QED) is 0.532. The van der Waals surface area contributed by atoms with Crippen LogP contribution in [0.1, 0.15) is 43.5 Å². The monoisotopic (exact) mass is 415 g/mol. The van der Waals surface area contributed by atoms with Crippen LogP contribution in [0.25, 0.3) is 11.0 Å². The number of carbonyl (C=O) groups is 1. The molecule has 0 N–H and O–H groups in total. The van der Waals surface area contributed by atoms with E-state index in [1.165, 1.54) is 0 Å². The van der Waals surface area contributed by atoms with Crippen molar-refractivity contribution in [3.8, 4) is 0 Å². The van der Waals surface area contributed by atoms with Crippen LogP contribution >= 0.6 is 23.2 Å². The Hall–Kier alpha value is -2.04. The molecule has 146 valence electrons. The highest BCUT2D eigenvalue weighted by Crippen LogP contribution is 2.32. The van der Waals surface area contributed by atoms with Gasteiger partial charge in [-0.2, -0.15) is 0 Å². The predicted molar refractivity (Wildman–Crippen MR) is 114 cm³/mol. The second kappa shape index (κ2) is 8.14. The van der Waals surface area contributed by atoms with Gasteiger partial charge in [-0.05, 0) is 36.2 Å². The molecule has 1 fully saturated rings. The number of halogens is 2. The lowest BCUT2D eigenvalue weighted by molar-refractivity contribution is -0.127. The fourth-order valence-corrected chi connectivity index (χ4v) is 4.22. The Morgan fingerprint density at radius 2 is 1.96 bits per heavy atom. The zero-order valence-corrected chi connectivity index (χ0v) is 17.4. The summed E-state index contributed by atoms with van der Waals surface area (Å²) in [6.07, 6.45) is 2.65. The van der Waals surface area contributed by atoms with Crippen molar-refractivity contribution < 1.29 is 4.79 Å². The first-order chi connectivity index (χ1) is 13.6. The van der Waals surface area contributed by atoms with Gasteiger partial charge in [-0.3, -0.25) is 4.79 Å². The van der Waals surface area contributed by atoms with Gasteiger partial charge >= 0.3 is 0 Å². The van der Waals surface area contributed by atoms with Crippen LogP contribution in [0.5, 0.6) is 0 Å². The Kier molecular flexibility index (Phi) is 5.61. The van der Waals surface area contributed by atoms with Crippen molar-refractivity contribution in [2.45, 2.75) is 38.6 Å². The molecule has 0 radical (unpaired) electrons. The molecule has 6 heteroatoms. The molecule has 2 heterocycles. The van der Waals surface area contributed by atoms with Gasteiger partial charge in [0.1, 0.15) is 5.82 Å². The third-order valence-electron chi connectivity index (χ3n) is 5.37. The minimum Gasteiger partial charge on any atom is -0.342 e.